The van der Waals surface area contributed by atoms with Crippen LogP contribution in [0.25, 0.3) is 22.0 Å². The highest BCUT2D eigenvalue weighted by atomic mass is 35.5. The summed E-state index contributed by atoms with van der Waals surface area (Å²) < 4.78 is 5.15. The number of esters is 1. The summed E-state index contributed by atoms with van der Waals surface area (Å²) in [4.78, 5) is 15.4. The molecule has 0 amide bonds. The number of hydrogen-bond acceptors (Lipinski definition) is 2. The van der Waals surface area contributed by atoms with E-state index in [1.165, 1.54) is 0 Å². The molecule has 1 aromatic heterocycles. The molecule has 2 aromatic carbocycles. The molecule has 0 aliphatic carbocycles. The topological polar surface area (TPSA) is 42.1 Å². The minimum atomic E-state index is -0.348. The summed E-state index contributed by atoms with van der Waals surface area (Å²) >= 11 is 5.94. The zero-order valence-electron chi connectivity index (χ0n) is 11.5. The second-order valence-electron chi connectivity index (χ2n) is 4.65. The minimum absolute atomic E-state index is 0.342. The van der Waals surface area contributed by atoms with Crippen LogP contribution in [0.15, 0.2) is 48.5 Å². The first kappa shape index (κ1) is 13.7. The molecule has 0 radical (unpaired) electrons. The third kappa shape index (κ3) is 2.52. The number of rotatable bonds is 3. The van der Waals surface area contributed by atoms with E-state index in [4.69, 9.17) is 16.3 Å². The fourth-order valence-corrected chi connectivity index (χ4v) is 2.54. The van der Waals surface area contributed by atoms with Gasteiger partial charge in [0, 0.05) is 21.5 Å². The van der Waals surface area contributed by atoms with E-state index in [0.29, 0.717) is 17.3 Å². The predicted molar refractivity (Wildman–Crippen MR) is 84.7 cm³/mol. The van der Waals surface area contributed by atoms with E-state index in [2.05, 4.69) is 4.98 Å². The average Bonchev–Trinajstić information content (AvgIpc) is 2.88. The van der Waals surface area contributed by atoms with E-state index >= 15 is 0 Å². The van der Waals surface area contributed by atoms with Gasteiger partial charge >= 0.3 is 5.97 Å². The molecule has 1 N–H and O–H groups in total. The van der Waals surface area contributed by atoms with Gasteiger partial charge in [0.1, 0.15) is 5.69 Å². The Morgan fingerprint density at radius 2 is 1.86 bits per heavy atom. The van der Waals surface area contributed by atoms with Crippen LogP contribution < -0.4 is 0 Å². The molecule has 0 saturated carbocycles. The van der Waals surface area contributed by atoms with Gasteiger partial charge < -0.3 is 9.72 Å². The smallest absolute Gasteiger partial charge is 0.355 e. The van der Waals surface area contributed by atoms with Crippen LogP contribution >= 0.6 is 11.6 Å². The number of fused-ring (bicyclic) bond motifs is 1. The SMILES string of the molecule is CCOC(=O)c1[nH]c2ccccc2c1-c1ccc(Cl)cc1. The Morgan fingerprint density at radius 3 is 2.57 bits per heavy atom. The average molecular weight is 300 g/mol. The number of para-hydroxylation sites is 1. The molecule has 0 spiro atoms. The van der Waals surface area contributed by atoms with Crippen molar-refractivity contribution in [3.63, 3.8) is 0 Å². The number of aromatic amines is 1. The summed E-state index contributed by atoms with van der Waals surface area (Å²) in [5.74, 6) is -0.348. The highest BCUT2D eigenvalue weighted by Crippen LogP contribution is 2.33. The van der Waals surface area contributed by atoms with Crippen LogP contribution in [0.5, 0.6) is 0 Å². The number of benzene rings is 2. The second-order valence-corrected chi connectivity index (χ2v) is 5.08. The number of ether oxygens (including phenoxy) is 1. The van der Waals surface area contributed by atoms with Crippen molar-refractivity contribution < 1.29 is 9.53 Å². The van der Waals surface area contributed by atoms with Crippen LogP contribution in [-0.4, -0.2) is 17.6 Å². The molecule has 4 heteroatoms. The van der Waals surface area contributed by atoms with E-state index < -0.39 is 0 Å². The number of aromatic nitrogens is 1. The van der Waals surface area contributed by atoms with Crippen molar-refractivity contribution in [1.29, 1.82) is 0 Å². The molecule has 0 aliphatic heterocycles. The highest BCUT2D eigenvalue weighted by molar-refractivity contribution is 6.30. The van der Waals surface area contributed by atoms with Crippen molar-refractivity contribution >= 4 is 28.5 Å². The fourth-order valence-electron chi connectivity index (χ4n) is 2.41. The Labute approximate surface area is 127 Å². The van der Waals surface area contributed by atoms with Gasteiger partial charge in [-0.3, -0.25) is 0 Å². The van der Waals surface area contributed by atoms with E-state index in [0.717, 1.165) is 22.0 Å². The summed E-state index contributed by atoms with van der Waals surface area (Å²) in [5, 5.41) is 1.65. The van der Waals surface area contributed by atoms with Gasteiger partial charge in [-0.05, 0) is 30.7 Å². The third-order valence-corrected chi connectivity index (χ3v) is 3.57. The first-order valence-electron chi connectivity index (χ1n) is 6.74. The molecule has 3 nitrogen and oxygen atoms in total. The Bertz CT molecular complexity index is 790. The van der Waals surface area contributed by atoms with Crippen LogP contribution in [0.4, 0.5) is 0 Å². The third-order valence-electron chi connectivity index (χ3n) is 3.32. The summed E-state index contributed by atoms with van der Waals surface area (Å²) in [6.07, 6.45) is 0. The maximum absolute atomic E-state index is 12.2. The Hall–Kier alpha value is -2.26. The summed E-state index contributed by atoms with van der Waals surface area (Å²) in [7, 11) is 0. The standard InChI is InChI=1S/C17H14ClNO2/c1-2-21-17(20)16-15(11-7-9-12(18)10-8-11)13-5-3-4-6-14(13)19-16/h3-10,19H,2H2,1H3. The van der Waals surface area contributed by atoms with Gasteiger partial charge in [-0.1, -0.05) is 41.9 Å². The monoisotopic (exact) mass is 299 g/mol. The second kappa shape index (κ2) is 5.62. The van der Waals surface area contributed by atoms with Crippen LogP contribution in [0.1, 0.15) is 17.4 Å². The van der Waals surface area contributed by atoms with Crippen molar-refractivity contribution in [3.8, 4) is 11.1 Å². The van der Waals surface area contributed by atoms with E-state index in [1.54, 1.807) is 6.92 Å². The van der Waals surface area contributed by atoms with Crippen molar-refractivity contribution in [2.24, 2.45) is 0 Å². The Morgan fingerprint density at radius 1 is 1.14 bits per heavy atom. The minimum Gasteiger partial charge on any atom is -0.461 e. The maximum atomic E-state index is 12.2. The molecule has 0 aliphatic rings. The zero-order chi connectivity index (χ0) is 14.8. The number of halogens is 1. The molecule has 21 heavy (non-hydrogen) atoms. The maximum Gasteiger partial charge on any atom is 0.355 e. The van der Waals surface area contributed by atoms with Gasteiger partial charge in [-0.25, -0.2) is 4.79 Å². The number of nitrogens with one attached hydrogen (secondary N) is 1. The first-order valence-corrected chi connectivity index (χ1v) is 7.12. The largest absolute Gasteiger partial charge is 0.461 e. The number of H-pyrrole nitrogens is 1. The van der Waals surface area contributed by atoms with Crippen molar-refractivity contribution in [2.75, 3.05) is 6.61 Å². The molecule has 3 aromatic rings. The fraction of sp³-hybridized carbons (Fsp3) is 0.118. The van der Waals surface area contributed by atoms with Gasteiger partial charge in [0.2, 0.25) is 0 Å². The lowest BCUT2D eigenvalue weighted by Crippen LogP contribution is -2.06. The molecular formula is C17H14ClNO2. The molecule has 106 valence electrons. The Balaban J connectivity index is 2.24. The Kier molecular flexibility index (Phi) is 3.67. The molecule has 0 bridgehead atoms. The normalized spacial score (nSPS) is 10.8. The van der Waals surface area contributed by atoms with E-state index in [1.807, 2.05) is 48.5 Å². The van der Waals surface area contributed by atoms with Gasteiger partial charge in [0.05, 0.1) is 6.61 Å². The molecule has 0 fully saturated rings. The summed E-state index contributed by atoms with van der Waals surface area (Å²) in [6.45, 7) is 2.14. The molecule has 0 unspecified atom stereocenters. The zero-order valence-corrected chi connectivity index (χ0v) is 12.3. The molecule has 0 saturated heterocycles. The number of carbonyl (C=O) groups excluding carboxylic acids is 1. The van der Waals surface area contributed by atoms with Gasteiger partial charge in [0.15, 0.2) is 0 Å². The lowest BCUT2D eigenvalue weighted by Gasteiger charge is -2.05. The van der Waals surface area contributed by atoms with E-state index in [-0.39, 0.29) is 5.97 Å². The van der Waals surface area contributed by atoms with Crippen LogP contribution in [-0.2, 0) is 4.74 Å². The number of carbonyl (C=O) groups is 1. The van der Waals surface area contributed by atoms with Crippen molar-refractivity contribution in [1.82, 2.24) is 4.98 Å². The molecular weight excluding hydrogens is 286 g/mol. The highest BCUT2D eigenvalue weighted by Gasteiger charge is 2.19. The van der Waals surface area contributed by atoms with Crippen molar-refractivity contribution in [2.45, 2.75) is 6.92 Å². The number of hydrogen-bond donors (Lipinski definition) is 1. The van der Waals surface area contributed by atoms with Crippen LogP contribution in [0.2, 0.25) is 5.02 Å². The summed E-state index contributed by atoms with van der Waals surface area (Å²) in [6, 6.07) is 15.2. The van der Waals surface area contributed by atoms with Gasteiger partial charge in [0.25, 0.3) is 0 Å². The quantitative estimate of drug-likeness (QED) is 0.714. The predicted octanol–water partition coefficient (Wildman–Crippen LogP) is 4.67. The molecule has 3 rings (SSSR count). The first-order chi connectivity index (χ1) is 10.2. The van der Waals surface area contributed by atoms with Crippen LogP contribution in [0, 0.1) is 0 Å². The summed E-state index contributed by atoms with van der Waals surface area (Å²) in [5.41, 5.74) is 3.16. The van der Waals surface area contributed by atoms with Crippen LogP contribution in [0.3, 0.4) is 0 Å². The molecule has 0 atom stereocenters. The van der Waals surface area contributed by atoms with Crippen molar-refractivity contribution in [3.05, 3.63) is 59.2 Å². The van der Waals surface area contributed by atoms with E-state index in [9.17, 15) is 4.79 Å². The lowest BCUT2D eigenvalue weighted by atomic mass is 10.0. The molecule has 1 heterocycles. The lowest BCUT2D eigenvalue weighted by molar-refractivity contribution is 0.0521. The van der Waals surface area contributed by atoms with Gasteiger partial charge in [-0.15, -0.1) is 0 Å². The van der Waals surface area contributed by atoms with Gasteiger partial charge in [-0.2, -0.15) is 0 Å².